The van der Waals surface area contributed by atoms with Crippen molar-refractivity contribution in [1.29, 1.82) is 0 Å². The average Bonchev–Trinajstić information content (AvgIpc) is 3.54. The summed E-state index contributed by atoms with van der Waals surface area (Å²) in [5.74, 6) is 0.975. The summed E-state index contributed by atoms with van der Waals surface area (Å²) in [6.07, 6.45) is 7.95. The highest BCUT2D eigenvalue weighted by Crippen LogP contribution is 2.60. The first-order valence-corrected chi connectivity index (χ1v) is 13.3. The topological polar surface area (TPSA) is 95.9 Å². The van der Waals surface area contributed by atoms with Crippen molar-refractivity contribution in [2.45, 2.75) is 75.3 Å². The van der Waals surface area contributed by atoms with Gasteiger partial charge in [-0.15, -0.1) is 0 Å². The van der Waals surface area contributed by atoms with Crippen LogP contribution in [-0.4, -0.2) is 59.6 Å². The third-order valence-electron chi connectivity index (χ3n) is 9.51. The Kier molecular flexibility index (Phi) is 5.66. The monoisotopic (exact) mass is 480 g/mol. The van der Waals surface area contributed by atoms with Gasteiger partial charge in [0, 0.05) is 24.9 Å². The molecule has 5 saturated carbocycles. The highest BCUT2D eigenvalue weighted by atomic mass is 16.5. The number of nitrogens with one attached hydrogen (secondary N) is 1. The summed E-state index contributed by atoms with van der Waals surface area (Å²) < 4.78 is 5.37. The summed E-state index contributed by atoms with van der Waals surface area (Å²) in [6.45, 7) is 0.327. The molecule has 1 aliphatic heterocycles. The molecule has 35 heavy (non-hydrogen) atoms. The Labute approximate surface area is 206 Å². The molecule has 2 amide bonds. The first-order valence-electron chi connectivity index (χ1n) is 13.3. The van der Waals surface area contributed by atoms with Gasteiger partial charge in [-0.3, -0.25) is 9.59 Å². The third kappa shape index (κ3) is 4.26. The molecule has 188 valence electrons. The summed E-state index contributed by atoms with van der Waals surface area (Å²) in [5.41, 5.74) is 0.832. The molecule has 1 saturated heterocycles. The van der Waals surface area contributed by atoms with E-state index in [9.17, 15) is 19.5 Å². The molecule has 0 radical (unpaired) electrons. The second kappa shape index (κ2) is 8.61. The number of ether oxygens (including phenoxy) is 1. The predicted molar refractivity (Wildman–Crippen MR) is 128 cm³/mol. The van der Waals surface area contributed by atoms with Gasteiger partial charge in [0.1, 0.15) is 6.04 Å². The smallest absolute Gasteiger partial charge is 0.329 e. The van der Waals surface area contributed by atoms with Gasteiger partial charge in [0.2, 0.25) is 5.91 Å². The quantitative estimate of drug-likeness (QED) is 0.585. The standard InChI is InChI=1S/C28H36N2O5/c31-22-11-23(30(15-22)26(34)28-12-18-8-19(13-28)10-20(9-18)14-28)25(33)35-16-24(32)29-17-27(6-7-27)21-4-2-1-3-5-21/h1-5,18-20,22-23,31H,6-17H2,(H,29,32)/t18?,19?,20?,22?,23-,28?/m0/s1. The van der Waals surface area contributed by atoms with E-state index in [4.69, 9.17) is 4.74 Å². The number of nitrogens with zero attached hydrogens (tertiary/aromatic N) is 1. The third-order valence-corrected chi connectivity index (χ3v) is 9.51. The van der Waals surface area contributed by atoms with E-state index in [0.29, 0.717) is 24.3 Å². The number of benzene rings is 1. The van der Waals surface area contributed by atoms with Crippen LogP contribution in [0.4, 0.5) is 0 Å². The van der Waals surface area contributed by atoms with E-state index in [1.54, 1.807) is 4.90 Å². The molecular weight excluding hydrogens is 444 g/mol. The average molecular weight is 481 g/mol. The maximum atomic E-state index is 13.8. The van der Waals surface area contributed by atoms with E-state index in [1.807, 2.05) is 18.2 Å². The molecule has 1 aromatic carbocycles. The molecule has 1 aromatic rings. The Balaban J connectivity index is 1.05. The van der Waals surface area contributed by atoms with Crippen molar-refractivity contribution in [3.05, 3.63) is 35.9 Å². The van der Waals surface area contributed by atoms with Crippen molar-refractivity contribution >= 4 is 17.8 Å². The zero-order valence-electron chi connectivity index (χ0n) is 20.3. The van der Waals surface area contributed by atoms with Gasteiger partial charge in [0.25, 0.3) is 5.91 Å². The van der Waals surface area contributed by atoms with Crippen LogP contribution in [0.2, 0.25) is 0 Å². The number of aliphatic hydroxyl groups is 1. The van der Waals surface area contributed by atoms with E-state index < -0.39 is 18.1 Å². The van der Waals surface area contributed by atoms with Crippen LogP contribution in [0.5, 0.6) is 0 Å². The second-order valence-corrected chi connectivity index (χ2v) is 12.1. The van der Waals surface area contributed by atoms with Crippen molar-refractivity contribution < 1.29 is 24.2 Å². The van der Waals surface area contributed by atoms with Crippen LogP contribution in [-0.2, 0) is 24.5 Å². The minimum atomic E-state index is -0.808. The molecule has 2 atom stereocenters. The van der Waals surface area contributed by atoms with Crippen molar-refractivity contribution in [2.75, 3.05) is 19.7 Å². The van der Waals surface area contributed by atoms with E-state index >= 15 is 0 Å². The van der Waals surface area contributed by atoms with Crippen LogP contribution in [0.15, 0.2) is 30.3 Å². The van der Waals surface area contributed by atoms with Gasteiger partial charge < -0.3 is 20.1 Å². The van der Waals surface area contributed by atoms with E-state index in [2.05, 4.69) is 17.4 Å². The maximum Gasteiger partial charge on any atom is 0.329 e. The Morgan fingerprint density at radius 2 is 1.60 bits per heavy atom. The van der Waals surface area contributed by atoms with Crippen molar-refractivity contribution in [3.63, 3.8) is 0 Å². The molecular formula is C28H36N2O5. The lowest BCUT2D eigenvalue weighted by Gasteiger charge is -2.56. The molecule has 5 aliphatic carbocycles. The summed E-state index contributed by atoms with van der Waals surface area (Å²) in [5, 5.41) is 13.3. The van der Waals surface area contributed by atoms with E-state index in [1.165, 1.54) is 24.8 Å². The van der Waals surface area contributed by atoms with Crippen LogP contribution in [0.25, 0.3) is 0 Å². The first kappa shape index (κ1) is 23.0. The van der Waals surface area contributed by atoms with Gasteiger partial charge in [-0.05, 0) is 74.7 Å². The maximum absolute atomic E-state index is 13.8. The number of likely N-dealkylation sites (tertiary alicyclic amines) is 1. The van der Waals surface area contributed by atoms with E-state index in [0.717, 1.165) is 32.1 Å². The molecule has 1 heterocycles. The molecule has 0 aromatic heterocycles. The molecule has 2 N–H and O–H groups in total. The molecule has 4 bridgehead atoms. The fraction of sp³-hybridized carbons (Fsp3) is 0.679. The second-order valence-electron chi connectivity index (χ2n) is 12.1. The number of hydrogen-bond donors (Lipinski definition) is 2. The van der Waals surface area contributed by atoms with Crippen molar-refractivity contribution in [2.24, 2.45) is 23.2 Å². The summed E-state index contributed by atoms with van der Waals surface area (Å²) in [4.78, 5) is 40.8. The largest absolute Gasteiger partial charge is 0.454 e. The number of esters is 1. The van der Waals surface area contributed by atoms with Crippen molar-refractivity contribution in [1.82, 2.24) is 10.2 Å². The zero-order valence-corrected chi connectivity index (χ0v) is 20.3. The number of β-amino-alcohol motifs (C(OH)–C–C–N with tert-alkyl or cyclic N) is 1. The fourth-order valence-electron chi connectivity index (χ4n) is 8.00. The Hall–Kier alpha value is -2.41. The Morgan fingerprint density at radius 1 is 0.971 bits per heavy atom. The van der Waals surface area contributed by atoms with Gasteiger partial charge in [-0.1, -0.05) is 30.3 Å². The van der Waals surface area contributed by atoms with Gasteiger partial charge in [0.15, 0.2) is 6.61 Å². The molecule has 1 unspecified atom stereocenters. The molecule has 7 rings (SSSR count). The molecule has 0 spiro atoms. The predicted octanol–water partition coefficient (Wildman–Crippen LogP) is 2.56. The summed E-state index contributed by atoms with van der Waals surface area (Å²) >= 11 is 0. The van der Waals surface area contributed by atoms with Gasteiger partial charge in [0.05, 0.1) is 11.5 Å². The number of carbonyl (C=O) groups excluding carboxylic acids is 3. The number of hydrogen-bond acceptors (Lipinski definition) is 5. The number of aliphatic hydroxyl groups excluding tert-OH is 1. The number of carbonyl (C=O) groups is 3. The Morgan fingerprint density at radius 3 is 2.20 bits per heavy atom. The lowest BCUT2D eigenvalue weighted by atomic mass is 9.49. The minimum Gasteiger partial charge on any atom is -0.454 e. The summed E-state index contributed by atoms with van der Waals surface area (Å²) in [7, 11) is 0. The SMILES string of the molecule is O=C(COC(=O)[C@@H]1CC(O)CN1C(=O)C12CC3CC(CC(C3)C1)C2)NCC1(c2ccccc2)CC1. The minimum absolute atomic E-state index is 0.0163. The van der Waals surface area contributed by atoms with Crippen LogP contribution >= 0.6 is 0 Å². The fourth-order valence-corrected chi connectivity index (χ4v) is 8.00. The highest BCUT2D eigenvalue weighted by Gasteiger charge is 2.57. The van der Waals surface area contributed by atoms with Crippen LogP contribution < -0.4 is 5.32 Å². The molecule has 7 heteroatoms. The first-order chi connectivity index (χ1) is 16.9. The van der Waals surface area contributed by atoms with Gasteiger partial charge >= 0.3 is 5.97 Å². The van der Waals surface area contributed by atoms with Crippen LogP contribution in [0, 0.1) is 23.2 Å². The number of rotatable bonds is 7. The van der Waals surface area contributed by atoms with Crippen LogP contribution in [0.1, 0.15) is 63.4 Å². The molecule has 6 fully saturated rings. The van der Waals surface area contributed by atoms with Crippen LogP contribution in [0.3, 0.4) is 0 Å². The molecule has 7 nitrogen and oxygen atoms in total. The lowest BCUT2D eigenvalue weighted by Crippen LogP contribution is -2.56. The Bertz CT molecular complexity index is 969. The number of amides is 2. The van der Waals surface area contributed by atoms with E-state index in [-0.39, 0.29) is 42.2 Å². The molecule has 6 aliphatic rings. The van der Waals surface area contributed by atoms with Gasteiger partial charge in [-0.2, -0.15) is 0 Å². The lowest BCUT2D eigenvalue weighted by molar-refractivity contribution is -0.166. The highest BCUT2D eigenvalue weighted by molar-refractivity contribution is 5.90. The zero-order chi connectivity index (χ0) is 24.2. The summed E-state index contributed by atoms with van der Waals surface area (Å²) in [6, 6.07) is 9.35. The van der Waals surface area contributed by atoms with Crippen molar-refractivity contribution in [3.8, 4) is 0 Å². The normalized spacial score (nSPS) is 36.1. The van der Waals surface area contributed by atoms with Gasteiger partial charge in [-0.25, -0.2) is 4.79 Å².